The highest BCUT2D eigenvalue weighted by Crippen LogP contribution is 2.53. The number of fused-ring (bicyclic) bond motifs is 3. The number of carbonyl (C=O) groups excluding carboxylic acids is 1. The van der Waals surface area contributed by atoms with Gasteiger partial charge in [0.1, 0.15) is 5.75 Å². The molecule has 1 atom stereocenters. The fourth-order valence-electron chi connectivity index (χ4n) is 5.76. The Bertz CT molecular complexity index is 1580. The van der Waals surface area contributed by atoms with Gasteiger partial charge < -0.3 is 9.47 Å². The zero-order valence-electron chi connectivity index (χ0n) is 21.1. The van der Waals surface area contributed by atoms with E-state index in [9.17, 15) is 4.79 Å². The van der Waals surface area contributed by atoms with Crippen molar-refractivity contribution in [2.45, 2.75) is 11.6 Å². The Balaban J connectivity index is 1.56. The van der Waals surface area contributed by atoms with Crippen LogP contribution >= 0.6 is 0 Å². The second-order valence-electron chi connectivity index (χ2n) is 9.65. The van der Waals surface area contributed by atoms with Gasteiger partial charge in [-0.25, -0.2) is 0 Å². The van der Waals surface area contributed by atoms with Crippen LogP contribution in [0.1, 0.15) is 22.3 Å². The van der Waals surface area contributed by atoms with E-state index in [4.69, 9.17) is 9.47 Å². The normalized spacial score (nSPS) is 17.0. The molecule has 39 heavy (non-hydrogen) atoms. The average Bonchev–Trinajstić information content (AvgIpc) is 3.40. The summed E-state index contributed by atoms with van der Waals surface area (Å²) in [6.07, 6.45) is -0.710. The predicted octanol–water partition coefficient (Wildman–Crippen LogP) is 7.17. The Labute approximate surface area is 227 Å². The number of benzene rings is 5. The highest BCUT2D eigenvalue weighted by atomic mass is 16.6. The molecule has 2 heterocycles. The third kappa shape index (κ3) is 3.57. The van der Waals surface area contributed by atoms with Gasteiger partial charge in [0.15, 0.2) is 5.41 Å². The fourth-order valence-corrected chi connectivity index (χ4v) is 5.76. The summed E-state index contributed by atoms with van der Waals surface area (Å²) in [5.41, 5.74) is 3.95. The smallest absolute Gasteiger partial charge is 0.333 e. The van der Waals surface area contributed by atoms with Crippen LogP contribution in [0, 0.1) is 0 Å². The second-order valence-corrected chi connectivity index (χ2v) is 9.65. The van der Waals surface area contributed by atoms with Crippen molar-refractivity contribution < 1.29 is 14.3 Å². The average molecular weight is 508 g/mol. The first kappa shape index (κ1) is 23.1. The van der Waals surface area contributed by atoms with Crippen molar-refractivity contribution in [1.82, 2.24) is 0 Å². The van der Waals surface area contributed by atoms with Gasteiger partial charge in [-0.05, 0) is 34.4 Å². The summed E-state index contributed by atoms with van der Waals surface area (Å²) in [5, 5.41) is 0. The quantitative estimate of drug-likeness (QED) is 0.242. The molecule has 2 aliphatic rings. The topological polar surface area (TPSA) is 38.8 Å². The highest BCUT2D eigenvalue weighted by molar-refractivity contribution is 5.96. The molecule has 188 valence electrons. The summed E-state index contributed by atoms with van der Waals surface area (Å²) in [6, 6.07) is 47.6. The number of ether oxygens (including phenoxy) is 2. The lowest BCUT2D eigenvalue weighted by Crippen LogP contribution is -2.61. The number of hydrogen-bond donors (Lipinski definition) is 0. The van der Waals surface area contributed by atoms with Crippen LogP contribution in [-0.2, 0) is 14.9 Å². The molecule has 0 spiro atoms. The van der Waals surface area contributed by atoms with Crippen molar-refractivity contribution in [2.75, 3.05) is 4.90 Å². The number of carbonyl (C=O) groups is 1. The molecule has 0 radical (unpaired) electrons. The van der Waals surface area contributed by atoms with E-state index < -0.39 is 11.6 Å². The Hall–Kier alpha value is -5.09. The van der Waals surface area contributed by atoms with E-state index in [0.29, 0.717) is 11.6 Å². The molecular weight excluding hydrogens is 482 g/mol. The zero-order chi connectivity index (χ0) is 26.2. The molecule has 7 rings (SSSR count). The van der Waals surface area contributed by atoms with E-state index in [-0.39, 0.29) is 5.97 Å². The maximum Gasteiger partial charge on any atom is 0.333 e. The van der Waals surface area contributed by atoms with Gasteiger partial charge in [-0.3, -0.25) is 9.69 Å². The minimum absolute atomic E-state index is 0.381. The lowest BCUT2D eigenvalue weighted by Gasteiger charge is -2.46. The van der Waals surface area contributed by atoms with Crippen LogP contribution in [0.3, 0.4) is 0 Å². The molecule has 5 aromatic carbocycles. The predicted molar refractivity (Wildman–Crippen MR) is 152 cm³/mol. The third-order valence-corrected chi connectivity index (χ3v) is 7.50. The number of para-hydroxylation sites is 2. The molecule has 2 aliphatic heterocycles. The zero-order valence-corrected chi connectivity index (χ0v) is 21.1. The summed E-state index contributed by atoms with van der Waals surface area (Å²) < 4.78 is 13.3. The molecule has 0 aliphatic carbocycles. The van der Waals surface area contributed by atoms with Crippen molar-refractivity contribution in [1.29, 1.82) is 0 Å². The van der Waals surface area contributed by atoms with Gasteiger partial charge in [0.05, 0.1) is 11.3 Å². The monoisotopic (exact) mass is 507 g/mol. The van der Waals surface area contributed by atoms with Gasteiger partial charge in [-0.15, -0.1) is 0 Å². The molecule has 1 saturated heterocycles. The Morgan fingerprint density at radius 2 is 1.05 bits per heavy atom. The SMILES string of the molecule is O=C1OC(=C(c2ccccc2)c2ccccc2)N2c3ccccc3OC2C1(c1ccccc1)c1ccccc1. The summed E-state index contributed by atoms with van der Waals surface area (Å²) in [7, 11) is 0. The van der Waals surface area contributed by atoms with Crippen molar-refractivity contribution >= 4 is 17.2 Å². The van der Waals surface area contributed by atoms with Gasteiger partial charge in [0, 0.05) is 0 Å². The maximum absolute atomic E-state index is 14.6. The van der Waals surface area contributed by atoms with Gasteiger partial charge in [-0.2, -0.15) is 0 Å². The molecule has 4 heteroatoms. The van der Waals surface area contributed by atoms with Crippen molar-refractivity contribution in [3.8, 4) is 5.75 Å². The lowest BCUT2D eigenvalue weighted by atomic mass is 9.71. The fraction of sp³-hybridized carbons (Fsp3) is 0.0571. The van der Waals surface area contributed by atoms with E-state index in [1.54, 1.807) is 0 Å². The molecule has 4 nitrogen and oxygen atoms in total. The number of esters is 1. The largest absolute Gasteiger partial charge is 0.466 e. The first-order valence-electron chi connectivity index (χ1n) is 13.0. The Kier molecular flexibility index (Phi) is 5.52. The van der Waals surface area contributed by atoms with Crippen LogP contribution < -0.4 is 9.64 Å². The molecule has 0 N–H and O–H groups in total. The molecule has 1 fully saturated rings. The van der Waals surface area contributed by atoms with Crippen LogP contribution in [0.4, 0.5) is 5.69 Å². The molecule has 0 saturated carbocycles. The summed E-state index contributed by atoms with van der Waals surface area (Å²) in [6.45, 7) is 0. The van der Waals surface area contributed by atoms with Gasteiger partial charge in [0.2, 0.25) is 12.1 Å². The van der Waals surface area contributed by atoms with Crippen molar-refractivity contribution in [2.24, 2.45) is 0 Å². The summed E-state index contributed by atoms with van der Waals surface area (Å²) in [4.78, 5) is 16.7. The molecule has 1 unspecified atom stereocenters. The van der Waals surface area contributed by atoms with E-state index in [1.807, 2.05) is 146 Å². The van der Waals surface area contributed by atoms with Crippen LogP contribution in [-0.4, -0.2) is 12.2 Å². The van der Waals surface area contributed by atoms with Crippen LogP contribution in [0.15, 0.2) is 151 Å². The van der Waals surface area contributed by atoms with E-state index in [0.717, 1.165) is 33.5 Å². The van der Waals surface area contributed by atoms with Gasteiger partial charge in [-0.1, -0.05) is 133 Å². The summed E-state index contributed by atoms with van der Waals surface area (Å²) in [5.74, 6) is 0.776. The van der Waals surface area contributed by atoms with Crippen molar-refractivity contribution in [3.63, 3.8) is 0 Å². The lowest BCUT2D eigenvalue weighted by molar-refractivity contribution is -0.152. The minimum Gasteiger partial charge on any atom is -0.466 e. The molecule has 0 amide bonds. The first-order chi connectivity index (χ1) is 19.3. The number of rotatable bonds is 4. The van der Waals surface area contributed by atoms with Crippen LogP contribution in [0.25, 0.3) is 5.57 Å². The minimum atomic E-state index is -1.23. The van der Waals surface area contributed by atoms with Crippen LogP contribution in [0.5, 0.6) is 5.75 Å². The first-order valence-corrected chi connectivity index (χ1v) is 13.0. The molecule has 0 aromatic heterocycles. The van der Waals surface area contributed by atoms with E-state index >= 15 is 0 Å². The Morgan fingerprint density at radius 1 is 0.590 bits per heavy atom. The van der Waals surface area contributed by atoms with E-state index in [1.165, 1.54) is 0 Å². The van der Waals surface area contributed by atoms with Gasteiger partial charge >= 0.3 is 5.97 Å². The summed E-state index contributed by atoms with van der Waals surface area (Å²) >= 11 is 0. The molecule has 0 bridgehead atoms. The van der Waals surface area contributed by atoms with Crippen LogP contribution in [0.2, 0.25) is 0 Å². The number of anilines is 1. The number of cyclic esters (lactones) is 1. The number of hydrogen-bond acceptors (Lipinski definition) is 4. The highest BCUT2D eigenvalue weighted by Gasteiger charge is 2.62. The Morgan fingerprint density at radius 3 is 1.59 bits per heavy atom. The molecular formula is C35H25NO3. The number of nitrogens with zero attached hydrogens (tertiary/aromatic N) is 1. The third-order valence-electron chi connectivity index (χ3n) is 7.50. The molecule has 5 aromatic rings. The van der Waals surface area contributed by atoms with E-state index in [2.05, 4.69) is 4.90 Å². The maximum atomic E-state index is 14.6. The second kappa shape index (κ2) is 9.34. The van der Waals surface area contributed by atoms with Crippen molar-refractivity contribution in [3.05, 3.63) is 174 Å². The van der Waals surface area contributed by atoms with Gasteiger partial charge in [0.25, 0.3) is 0 Å². The standard InChI is InChI=1S/C35H25NO3/c37-34-35(27-19-9-3-10-20-27,28-21-11-4-12-22-28)33-36(29-23-13-14-24-30(29)38-33)32(39-34)31(25-15-5-1-6-16-25)26-17-7-2-8-18-26/h1-24,33H.